The number of carbonyl (C=O) groups is 1. The number of hydrogen-bond donors (Lipinski definition) is 1. The molecule has 6 nitrogen and oxygen atoms in total. The van der Waals surface area contributed by atoms with E-state index in [1.165, 1.54) is 18.4 Å². The lowest BCUT2D eigenvalue weighted by Crippen LogP contribution is -2.36. The Kier molecular flexibility index (Phi) is 5.15. The molecule has 0 bridgehead atoms. The topological polar surface area (TPSA) is 67.6 Å². The highest BCUT2D eigenvalue weighted by atomic mass is 16.5. The van der Waals surface area contributed by atoms with Gasteiger partial charge < -0.3 is 14.6 Å². The predicted octanol–water partition coefficient (Wildman–Crippen LogP) is 2.56. The van der Waals surface area contributed by atoms with Gasteiger partial charge in [-0.3, -0.25) is 9.69 Å². The number of hydrogen-bond acceptors (Lipinski definition) is 5. The lowest BCUT2D eigenvalue weighted by Gasteiger charge is -2.28. The maximum atomic E-state index is 12.2. The first kappa shape index (κ1) is 16.5. The Morgan fingerprint density at radius 1 is 1.33 bits per heavy atom. The van der Waals surface area contributed by atoms with Crippen molar-refractivity contribution in [3.63, 3.8) is 0 Å². The molecule has 1 aromatic carbocycles. The molecule has 24 heavy (non-hydrogen) atoms. The summed E-state index contributed by atoms with van der Waals surface area (Å²) >= 11 is 0. The number of likely N-dealkylation sites (tertiary alicyclic amines) is 1. The van der Waals surface area contributed by atoms with Crippen molar-refractivity contribution in [3.8, 4) is 5.75 Å². The summed E-state index contributed by atoms with van der Waals surface area (Å²) in [6.45, 7) is 4.43. The third-order valence-corrected chi connectivity index (χ3v) is 4.39. The summed E-state index contributed by atoms with van der Waals surface area (Å²) in [5, 5.41) is 6.73. The fourth-order valence-electron chi connectivity index (χ4n) is 3.08. The molecule has 0 saturated carbocycles. The molecule has 1 saturated heterocycles. The molecule has 2 aromatic rings. The fourth-order valence-corrected chi connectivity index (χ4v) is 3.08. The summed E-state index contributed by atoms with van der Waals surface area (Å²) in [4.78, 5) is 14.6. The van der Waals surface area contributed by atoms with E-state index in [2.05, 4.69) is 27.5 Å². The minimum Gasteiger partial charge on any atom is -0.497 e. The summed E-state index contributed by atoms with van der Waals surface area (Å²) in [5.41, 5.74) is 1.87. The molecule has 1 fully saturated rings. The maximum Gasteiger partial charge on any atom is 0.289 e. The van der Waals surface area contributed by atoms with Gasteiger partial charge in [-0.25, -0.2) is 0 Å². The molecule has 2 heterocycles. The third kappa shape index (κ3) is 3.76. The van der Waals surface area contributed by atoms with E-state index < -0.39 is 0 Å². The van der Waals surface area contributed by atoms with Crippen molar-refractivity contribution in [3.05, 3.63) is 47.3 Å². The largest absolute Gasteiger partial charge is 0.497 e. The smallest absolute Gasteiger partial charge is 0.289 e. The van der Waals surface area contributed by atoms with Crippen LogP contribution in [0.3, 0.4) is 0 Å². The minimum absolute atomic E-state index is 0.145. The van der Waals surface area contributed by atoms with Gasteiger partial charge in [0.2, 0.25) is 5.76 Å². The van der Waals surface area contributed by atoms with Crippen LogP contribution >= 0.6 is 0 Å². The molecule has 1 aliphatic rings. The van der Waals surface area contributed by atoms with E-state index in [0.29, 0.717) is 12.2 Å². The van der Waals surface area contributed by atoms with E-state index in [4.69, 9.17) is 9.26 Å². The molecule has 1 aromatic heterocycles. The molecule has 1 atom stereocenters. The highest BCUT2D eigenvalue weighted by Gasteiger charge is 2.24. The van der Waals surface area contributed by atoms with Crippen LogP contribution in [0, 0.1) is 6.92 Å². The lowest BCUT2D eigenvalue weighted by atomic mass is 10.1. The number of amides is 1. The summed E-state index contributed by atoms with van der Waals surface area (Å²) in [5.74, 6) is 0.857. The summed E-state index contributed by atoms with van der Waals surface area (Å²) in [6.07, 6.45) is 2.39. The van der Waals surface area contributed by atoms with Crippen LogP contribution in [-0.2, 0) is 0 Å². The number of methoxy groups -OCH3 is 1. The van der Waals surface area contributed by atoms with E-state index in [0.717, 1.165) is 18.8 Å². The van der Waals surface area contributed by atoms with Crippen molar-refractivity contribution in [2.45, 2.75) is 25.8 Å². The van der Waals surface area contributed by atoms with Gasteiger partial charge in [-0.1, -0.05) is 17.3 Å². The van der Waals surface area contributed by atoms with Crippen molar-refractivity contribution < 1.29 is 14.1 Å². The predicted molar refractivity (Wildman–Crippen MR) is 90.1 cm³/mol. The highest BCUT2D eigenvalue weighted by molar-refractivity contribution is 5.91. The molecule has 1 amide bonds. The Morgan fingerprint density at radius 2 is 2.04 bits per heavy atom. The molecule has 128 valence electrons. The molecule has 0 aliphatic carbocycles. The van der Waals surface area contributed by atoms with Crippen LogP contribution in [0.4, 0.5) is 0 Å². The van der Waals surface area contributed by atoms with Gasteiger partial charge >= 0.3 is 0 Å². The standard InChI is InChI=1S/C18H23N3O3/c1-13-11-17(24-20-13)18(22)19-12-16(21-9-3-4-10-21)14-5-7-15(23-2)8-6-14/h5-8,11,16H,3-4,9-10,12H2,1-2H3,(H,19,22)/t16-/m1/s1. The van der Waals surface area contributed by atoms with Crippen LogP contribution in [0.15, 0.2) is 34.9 Å². The molecule has 6 heteroatoms. The SMILES string of the molecule is COc1ccc([C@@H](CNC(=O)c2cc(C)no2)N2CCCC2)cc1. The summed E-state index contributed by atoms with van der Waals surface area (Å²) in [6, 6.07) is 9.83. The summed E-state index contributed by atoms with van der Waals surface area (Å²) in [7, 11) is 1.66. The Hall–Kier alpha value is -2.34. The molecule has 1 N–H and O–H groups in total. The maximum absolute atomic E-state index is 12.2. The number of nitrogens with zero attached hydrogens (tertiary/aromatic N) is 2. The first-order chi connectivity index (χ1) is 11.7. The van der Waals surface area contributed by atoms with Gasteiger partial charge in [0.1, 0.15) is 5.75 Å². The second-order valence-electron chi connectivity index (χ2n) is 6.07. The van der Waals surface area contributed by atoms with Crippen LogP contribution in [-0.4, -0.2) is 42.7 Å². The van der Waals surface area contributed by atoms with E-state index in [1.807, 2.05) is 12.1 Å². The lowest BCUT2D eigenvalue weighted by molar-refractivity contribution is 0.0901. The summed E-state index contributed by atoms with van der Waals surface area (Å²) < 4.78 is 10.3. The quantitative estimate of drug-likeness (QED) is 0.882. The van der Waals surface area contributed by atoms with E-state index in [-0.39, 0.29) is 17.7 Å². The van der Waals surface area contributed by atoms with Gasteiger partial charge in [0.05, 0.1) is 18.8 Å². The molecular weight excluding hydrogens is 306 g/mol. The zero-order chi connectivity index (χ0) is 16.9. The molecule has 0 spiro atoms. The van der Waals surface area contributed by atoms with Crippen LogP contribution in [0.2, 0.25) is 0 Å². The number of nitrogens with one attached hydrogen (secondary N) is 1. The Bertz CT molecular complexity index is 675. The van der Waals surface area contributed by atoms with Crippen molar-refractivity contribution in [2.75, 3.05) is 26.7 Å². The van der Waals surface area contributed by atoms with Gasteiger partial charge in [-0.2, -0.15) is 0 Å². The second-order valence-corrected chi connectivity index (χ2v) is 6.07. The van der Waals surface area contributed by atoms with Gasteiger partial charge in [0, 0.05) is 12.6 Å². The molecule has 1 aliphatic heterocycles. The average molecular weight is 329 g/mol. The molecule has 0 unspecified atom stereocenters. The zero-order valence-electron chi connectivity index (χ0n) is 14.1. The first-order valence-corrected chi connectivity index (χ1v) is 8.27. The number of aryl methyl sites for hydroxylation is 1. The van der Waals surface area contributed by atoms with E-state index in [9.17, 15) is 4.79 Å². The molecule has 3 rings (SSSR count). The van der Waals surface area contributed by atoms with Gasteiger partial charge in [-0.05, 0) is 50.6 Å². The van der Waals surface area contributed by atoms with Gasteiger partial charge in [0.15, 0.2) is 0 Å². The normalized spacial score (nSPS) is 16.1. The first-order valence-electron chi connectivity index (χ1n) is 8.27. The molecule has 0 radical (unpaired) electrons. The number of aromatic nitrogens is 1. The van der Waals surface area contributed by atoms with E-state index >= 15 is 0 Å². The number of ether oxygens (including phenoxy) is 1. The Labute approximate surface area is 141 Å². The van der Waals surface area contributed by atoms with Crippen molar-refractivity contribution in [2.24, 2.45) is 0 Å². The molecular formula is C18H23N3O3. The Balaban J connectivity index is 1.71. The fraction of sp³-hybridized carbons (Fsp3) is 0.444. The minimum atomic E-state index is -0.228. The van der Waals surface area contributed by atoms with Crippen molar-refractivity contribution >= 4 is 5.91 Å². The number of rotatable bonds is 6. The number of carbonyl (C=O) groups excluding carboxylic acids is 1. The van der Waals surface area contributed by atoms with Crippen molar-refractivity contribution in [1.82, 2.24) is 15.4 Å². The van der Waals surface area contributed by atoms with Crippen molar-refractivity contribution in [1.29, 1.82) is 0 Å². The number of benzene rings is 1. The van der Waals surface area contributed by atoms with Crippen LogP contribution < -0.4 is 10.1 Å². The Morgan fingerprint density at radius 3 is 2.62 bits per heavy atom. The monoisotopic (exact) mass is 329 g/mol. The van der Waals surface area contributed by atoms with Crippen LogP contribution in [0.1, 0.15) is 40.7 Å². The highest BCUT2D eigenvalue weighted by Crippen LogP contribution is 2.26. The average Bonchev–Trinajstić information content (AvgIpc) is 3.27. The van der Waals surface area contributed by atoms with E-state index in [1.54, 1.807) is 20.1 Å². The van der Waals surface area contributed by atoms with Gasteiger partial charge in [0.25, 0.3) is 5.91 Å². The van der Waals surface area contributed by atoms with Crippen LogP contribution in [0.25, 0.3) is 0 Å². The zero-order valence-corrected chi connectivity index (χ0v) is 14.1. The third-order valence-electron chi connectivity index (χ3n) is 4.39. The second kappa shape index (κ2) is 7.49. The van der Waals surface area contributed by atoms with Crippen LogP contribution in [0.5, 0.6) is 5.75 Å². The van der Waals surface area contributed by atoms with Gasteiger partial charge in [-0.15, -0.1) is 0 Å².